The van der Waals surface area contributed by atoms with Crippen molar-refractivity contribution in [1.29, 1.82) is 0 Å². The predicted molar refractivity (Wildman–Crippen MR) is 67.6 cm³/mol. The molecule has 0 bridgehead atoms. The van der Waals surface area contributed by atoms with E-state index >= 15 is 0 Å². The second-order valence-electron chi connectivity index (χ2n) is 4.86. The molecule has 2 rings (SSSR count). The second-order valence-corrected chi connectivity index (χ2v) is 4.86. The second kappa shape index (κ2) is 5.36. The van der Waals surface area contributed by atoms with Gasteiger partial charge in [-0.05, 0) is 44.5 Å². The van der Waals surface area contributed by atoms with Crippen molar-refractivity contribution in [2.24, 2.45) is 13.0 Å². The number of aromatic nitrogens is 1. The average Bonchev–Trinajstić information content (AvgIpc) is 2.90. The molecule has 1 atom stereocenters. The quantitative estimate of drug-likeness (QED) is 0.816. The van der Waals surface area contributed by atoms with Gasteiger partial charge in [0.25, 0.3) is 0 Å². The van der Waals surface area contributed by atoms with Crippen LogP contribution in [0.1, 0.15) is 24.2 Å². The van der Waals surface area contributed by atoms with Crippen LogP contribution in [0, 0.1) is 12.8 Å². The fraction of sp³-hybridized carbons (Fsp3) is 0.615. The molecule has 2 N–H and O–H groups in total. The monoisotopic (exact) mass is 235 g/mol. The van der Waals surface area contributed by atoms with Gasteiger partial charge in [-0.1, -0.05) is 0 Å². The first-order valence-corrected chi connectivity index (χ1v) is 6.25. The van der Waals surface area contributed by atoms with Crippen LogP contribution >= 0.6 is 0 Å². The van der Waals surface area contributed by atoms with Crippen molar-refractivity contribution in [2.45, 2.75) is 26.3 Å². The van der Waals surface area contributed by atoms with Crippen LogP contribution in [0.25, 0.3) is 0 Å². The van der Waals surface area contributed by atoms with Gasteiger partial charge in [-0.3, -0.25) is 4.79 Å². The molecule has 1 saturated heterocycles. The van der Waals surface area contributed by atoms with E-state index in [1.807, 2.05) is 7.05 Å². The Bertz CT molecular complexity index is 391. The molecule has 0 radical (unpaired) electrons. The molecule has 0 aromatic carbocycles. The number of rotatable bonds is 4. The van der Waals surface area contributed by atoms with E-state index in [-0.39, 0.29) is 5.91 Å². The minimum Gasteiger partial charge on any atom is -0.351 e. The molecule has 0 spiro atoms. The van der Waals surface area contributed by atoms with E-state index < -0.39 is 0 Å². The fourth-order valence-electron chi connectivity index (χ4n) is 2.26. The summed E-state index contributed by atoms with van der Waals surface area (Å²) in [4.78, 5) is 11.7. The first-order chi connectivity index (χ1) is 8.16. The summed E-state index contributed by atoms with van der Waals surface area (Å²) in [7, 11) is 2.03. The van der Waals surface area contributed by atoms with Gasteiger partial charge in [0.2, 0.25) is 5.91 Å². The highest BCUT2D eigenvalue weighted by Crippen LogP contribution is 2.12. The van der Waals surface area contributed by atoms with Crippen LogP contribution in [-0.4, -0.2) is 23.6 Å². The Hall–Kier alpha value is -1.29. The normalized spacial score (nSPS) is 19.5. The summed E-state index contributed by atoms with van der Waals surface area (Å²) in [6, 6.07) is 4.13. The molecule has 17 heavy (non-hydrogen) atoms. The largest absolute Gasteiger partial charge is 0.351 e. The number of amides is 1. The number of carbonyl (C=O) groups is 1. The van der Waals surface area contributed by atoms with E-state index in [4.69, 9.17) is 0 Å². The van der Waals surface area contributed by atoms with Gasteiger partial charge in [-0.2, -0.15) is 0 Å². The zero-order valence-electron chi connectivity index (χ0n) is 10.6. The van der Waals surface area contributed by atoms with Crippen LogP contribution in [0.4, 0.5) is 0 Å². The molecule has 1 amide bonds. The summed E-state index contributed by atoms with van der Waals surface area (Å²) in [5, 5.41) is 6.27. The first-order valence-electron chi connectivity index (χ1n) is 6.25. The highest BCUT2D eigenvalue weighted by Gasteiger charge is 2.17. The summed E-state index contributed by atoms with van der Waals surface area (Å²) in [6.45, 7) is 4.73. The van der Waals surface area contributed by atoms with E-state index in [0.717, 1.165) is 25.2 Å². The molecular formula is C13H21N3O. The maximum absolute atomic E-state index is 11.7. The van der Waals surface area contributed by atoms with Crippen molar-refractivity contribution in [2.75, 3.05) is 13.1 Å². The predicted octanol–water partition coefficient (Wildman–Crippen LogP) is 0.949. The summed E-state index contributed by atoms with van der Waals surface area (Å²) >= 11 is 0. The number of nitrogens with one attached hydrogen (secondary N) is 2. The van der Waals surface area contributed by atoms with Crippen LogP contribution in [0.5, 0.6) is 0 Å². The molecule has 2 heterocycles. The third-order valence-electron chi connectivity index (χ3n) is 3.58. The average molecular weight is 235 g/mol. The Morgan fingerprint density at radius 3 is 3.00 bits per heavy atom. The fourth-order valence-corrected chi connectivity index (χ4v) is 2.26. The molecule has 0 aliphatic carbocycles. The Balaban J connectivity index is 1.77. The van der Waals surface area contributed by atoms with Crippen molar-refractivity contribution in [3.8, 4) is 0 Å². The van der Waals surface area contributed by atoms with E-state index in [9.17, 15) is 4.79 Å². The molecule has 1 unspecified atom stereocenters. The van der Waals surface area contributed by atoms with E-state index in [0.29, 0.717) is 18.9 Å². The van der Waals surface area contributed by atoms with Crippen molar-refractivity contribution >= 4 is 5.91 Å². The highest BCUT2D eigenvalue weighted by molar-refractivity contribution is 5.76. The molecule has 1 fully saturated rings. The van der Waals surface area contributed by atoms with Crippen LogP contribution < -0.4 is 10.6 Å². The Kier molecular flexibility index (Phi) is 3.84. The Morgan fingerprint density at radius 1 is 1.59 bits per heavy atom. The lowest BCUT2D eigenvalue weighted by Crippen LogP contribution is -2.26. The number of hydrogen-bond acceptors (Lipinski definition) is 2. The Morgan fingerprint density at radius 2 is 2.41 bits per heavy atom. The number of nitrogens with zero attached hydrogens (tertiary/aromatic N) is 1. The van der Waals surface area contributed by atoms with Gasteiger partial charge in [-0.15, -0.1) is 0 Å². The molecule has 94 valence electrons. The van der Waals surface area contributed by atoms with Gasteiger partial charge in [0, 0.05) is 24.9 Å². The van der Waals surface area contributed by atoms with Crippen LogP contribution in [0.3, 0.4) is 0 Å². The standard InChI is InChI=1S/C13H21N3O/c1-10-3-4-12(16(10)2)9-15-13(17)7-11-5-6-14-8-11/h3-4,11,14H,5-9H2,1-2H3,(H,15,17). The molecule has 1 aromatic heterocycles. The number of aryl methyl sites for hydroxylation is 1. The van der Waals surface area contributed by atoms with Gasteiger partial charge in [-0.25, -0.2) is 0 Å². The van der Waals surface area contributed by atoms with Crippen molar-refractivity contribution in [1.82, 2.24) is 15.2 Å². The minimum absolute atomic E-state index is 0.164. The van der Waals surface area contributed by atoms with Gasteiger partial charge in [0.05, 0.1) is 6.54 Å². The molecule has 1 aromatic rings. The zero-order chi connectivity index (χ0) is 12.3. The molecule has 4 nitrogen and oxygen atoms in total. The molecule has 1 aliphatic heterocycles. The lowest BCUT2D eigenvalue weighted by atomic mass is 10.0. The highest BCUT2D eigenvalue weighted by atomic mass is 16.1. The van der Waals surface area contributed by atoms with Gasteiger partial charge < -0.3 is 15.2 Å². The molecule has 4 heteroatoms. The molecule has 0 saturated carbocycles. The van der Waals surface area contributed by atoms with Crippen molar-refractivity contribution in [3.05, 3.63) is 23.5 Å². The van der Waals surface area contributed by atoms with Crippen molar-refractivity contribution < 1.29 is 4.79 Å². The lowest BCUT2D eigenvalue weighted by molar-refractivity contribution is -0.122. The summed E-state index contributed by atoms with van der Waals surface area (Å²) in [5.41, 5.74) is 2.37. The number of carbonyl (C=O) groups excluding carboxylic acids is 1. The van der Waals surface area contributed by atoms with E-state index in [2.05, 4.69) is 34.3 Å². The summed E-state index contributed by atoms with van der Waals surface area (Å²) < 4.78 is 2.11. The first kappa shape index (κ1) is 12.2. The van der Waals surface area contributed by atoms with Gasteiger partial charge in [0.15, 0.2) is 0 Å². The van der Waals surface area contributed by atoms with Crippen LogP contribution in [0.2, 0.25) is 0 Å². The van der Waals surface area contributed by atoms with Crippen LogP contribution in [0.15, 0.2) is 12.1 Å². The van der Waals surface area contributed by atoms with Crippen LogP contribution in [-0.2, 0) is 18.4 Å². The SMILES string of the molecule is Cc1ccc(CNC(=O)CC2CCNC2)n1C. The van der Waals surface area contributed by atoms with Crippen molar-refractivity contribution in [3.63, 3.8) is 0 Å². The number of hydrogen-bond donors (Lipinski definition) is 2. The van der Waals surface area contributed by atoms with E-state index in [1.165, 1.54) is 5.69 Å². The molecular weight excluding hydrogens is 214 g/mol. The third kappa shape index (κ3) is 3.09. The maximum atomic E-state index is 11.7. The minimum atomic E-state index is 0.164. The summed E-state index contributed by atoms with van der Waals surface area (Å²) in [6.07, 6.45) is 1.77. The molecule has 1 aliphatic rings. The topological polar surface area (TPSA) is 46.1 Å². The lowest BCUT2D eigenvalue weighted by Gasteiger charge is -2.10. The van der Waals surface area contributed by atoms with E-state index in [1.54, 1.807) is 0 Å². The smallest absolute Gasteiger partial charge is 0.220 e. The summed E-state index contributed by atoms with van der Waals surface area (Å²) in [5.74, 6) is 0.683. The zero-order valence-corrected chi connectivity index (χ0v) is 10.6. The Labute approximate surface area is 102 Å². The maximum Gasteiger partial charge on any atom is 0.220 e. The van der Waals surface area contributed by atoms with Gasteiger partial charge in [0.1, 0.15) is 0 Å². The third-order valence-corrected chi connectivity index (χ3v) is 3.58. The van der Waals surface area contributed by atoms with Gasteiger partial charge >= 0.3 is 0 Å².